The lowest BCUT2D eigenvalue weighted by Gasteiger charge is -2.37. The molecule has 0 aromatic heterocycles. The van der Waals surface area contributed by atoms with E-state index in [1.807, 2.05) is 12.1 Å². The minimum absolute atomic E-state index is 0.0479. The zero-order chi connectivity index (χ0) is 13.4. The fourth-order valence-corrected chi connectivity index (χ4v) is 3.07. The minimum Gasteiger partial charge on any atom is -0.391 e. The molecular formula is C13H29NO2Si. The van der Waals surface area contributed by atoms with Gasteiger partial charge in [0.15, 0.2) is 14.6 Å². The maximum atomic E-state index is 6.29. The van der Waals surface area contributed by atoms with Crippen molar-refractivity contribution in [2.24, 2.45) is 5.92 Å². The first kappa shape index (κ1) is 15.2. The van der Waals surface area contributed by atoms with Gasteiger partial charge in [0, 0.05) is 19.5 Å². The molecule has 0 saturated carbocycles. The Balaban J connectivity index is 2.61. The van der Waals surface area contributed by atoms with E-state index >= 15 is 0 Å². The Morgan fingerprint density at radius 3 is 2.18 bits per heavy atom. The first-order chi connectivity index (χ1) is 7.54. The van der Waals surface area contributed by atoms with Crippen LogP contribution < -0.4 is 0 Å². The van der Waals surface area contributed by atoms with Crippen LogP contribution in [0.25, 0.3) is 0 Å². The molecule has 1 rings (SSSR count). The number of hydrogen-bond donors (Lipinski definition) is 0. The molecule has 0 aliphatic carbocycles. The van der Waals surface area contributed by atoms with Crippen LogP contribution in [0.3, 0.4) is 0 Å². The van der Waals surface area contributed by atoms with Crippen molar-refractivity contribution in [1.82, 2.24) is 5.06 Å². The molecular weight excluding hydrogens is 230 g/mol. The monoisotopic (exact) mass is 259 g/mol. The molecule has 1 aliphatic heterocycles. The van der Waals surface area contributed by atoms with Gasteiger partial charge in [0.05, 0.1) is 0 Å². The van der Waals surface area contributed by atoms with E-state index in [2.05, 4.69) is 47.7 Å². The van der Waals surface area contributed by atoms with Crippen LogP contribution in [0.5, 0.6) is 0 Å². The van der Waals surface area contributed by atoms with E-state index in [0.29, 0.717) is 12.0 Å². The molecule has 0 aromatic carbocycles. The highest BCUT2D eigenvalue weighted by Gasteiger charge is 2.43. The van der Waals surface area contributed by atoms with Crippen LogP contribution in [0.4, 0.5) is 0 Å². The number of nitrogens with zero attached hydrogens (tertiary/aromatic N) is 1. The summed E-state index contributed by atoms with van der Waals surface area (Å²) >= 11 is 0. The molecule has 2 atom stereocenters. The van der Waals surface area contributed by atoms with Gasteiger partial charge in [0.1, 0.15) is 0 Å². The SMILES string of the molecule is CC(C)[C@H]1C[C@@H](O[Si](C)(C)C(C)(C)C)ON1C. The van der Waals surface area contributed by atoms with Gasteiger partial charge in [0.2, 0.25) is 0 Å². The number of hydrogen-bond acceptors (Lipinski definition) is 3. The molecule has 0 radical (unpaired) electrons. The highest BCUT2D eigenvalue weighted by Crippen LogP contribution is 2.39. The highest BCUT2D eigenvalue weighted by atomic mass is 28.4. The minimum atomic E-state index is -1.72. The van der Waals surface area contributed by atoms with Crippen LogP contribution in [-0.4, -0.2) is 32.8 Å². The summed E-state index contributed by atoms with van der Waals surface area (Å²) in [4.78, 5) is 5.81. The summed E-state index contributed by atoms with van der Waals surface area (Å²) in [6.45, 7) is 15.8. The van der Waals surface area contributed by atoms with Gasteiger partial charge in [-0.25, -0.2) is 0 Å². The molecule has 0 unspecified atom stereocenters. The predicted molar refractivity (Wildman–Crippen MR) is 74.2 cm³/mol. The molecule has 0 N–H and O–H groups in total. The molecule has 1 heterocycles. The lowest BCUT2D eigenvalue weighted by atomic mass is 10.0. The Bertz CT molecular complexity index is 261. The van der Waals surface area contributed by atoms with Crippen molar-refractivity contribution in [3.8, 4) is 0 Å². The van der Waals surface area contributed by atoms with E-state index < -0.39 is 8.32 Å². The van der Waals surface area contributed by atoms with E-state index in [0.717, 1.165) is 6.42 Å². The average molecular weight is 259 g/mol. The molecule has 17 heavy (non-hydrogen) atoms. The Morgan fingerprint density at radius 1 is 1.29 bits per heavy atom. The zero-order valence-electron chi connectivity index (χ0n) is 12.7. The molecule has 1 fully saturated rings. The average Bonchev–Trinajstić information content (AvgIpc) is 2.43. The van der Waals surface area contributed by atoms with Gasteiger partial charge < -0.3 is 4.43 Å². The topological polar surface area (TPSA) is 21.7 Å². The summed E-state index contributed by atoms with van der Waals surface area (Å²) in [5.41, 5.74) is 0. The maximum absolute atomic E-state index is 6.29. The second-order valence-electron chi connectivity index (χ2n) is 7.01. The predicted octanol–water partition coefficient (Wildman–Crippen LogP) is 3.63. The van der Waals surface area contributed by atoms with E-state index in [4.69, 9.17) is 9.26 Å². The Morgan fingerprint density at radius 2 is 1.82 bits per heavy atom. The quantitative estimate of drug-likeness (QED) is 0.723. The Hall–Kier alpha value is 0.0969. The lowest BCUT2D eigenvalue weighted by molar-refractivity contribution is -0.205. The van der Waals surface area contributed by atoms with Gasteiger partial charge in [-0.1, -0.05) is 34.6 Å². The zero-order valence-corrected chi connectivity index (χ0v) is 13.7. The summed E-state index contributed by atoms with van der Waals surface area (Å²) in [5.74, 6) is 0.605. The molecule has 3 nitrogen and oxygen atoms in total. The van der Waals surface area contributed by atoms with Gasteiger partial charge in [-0.3, -0.25) is 4.84 Å². The summed E-state index contributed by atoms with van der Waals surface area (Å²) in [5, 5.41) is 2.22. The summed E-state index contributed by atoms with van der Waals surface area (Å²) in [7, 11) is 0.298. The van der Waals surface area contributed by atoms with Gasteiger partial charge in [0.25, 0.3) is 0 Å². The molecule has 4 heteroatoms. The summed E-state index contributed by atoms with van der Waals surface area (Å²) in [6.07, 6.45) is 0.939. The van der Waals surface area contributed by atoms with Crippen LogP contribution in [0.15, 0.2) is 0 Å². The van der Waals surface area contributed by atoms with E-state index in [1.165, 1.54) is 0 Å². The Labute approximate surface area is 108 Å². The molecule has 0 aromatic rings. The third kappa shape index (κ3) is 3.53. The molecule has 102 valence electrons. The van der Waals surface area contributed by atoms with E-state index in [-0.39, 0.29) is 11.3 Å². The van der Waals surface area contributed by atoms with Gasteiger partial charge in [-0.05, 0) is 24.1 Å². The molecule has 0 bridgehead atoms. The van der Waals surface area contributed by atoms with E-state index in [9.17, 15) is 0 Å². The van der Waals surface area contributed by atoms with Gasteiger partial charge >= 0.3 is 0 Å². The third-order valence-corrected chi connectivity index (χ3v) is 8.65. The van der Waals surface area contributed by atoms with Crippen LogP contribution >= 0.6 is 0 Å². The number of hydroxylamine groups is 2. The Kier molecular flexibility index (Phi) is 4.45. The summed E-state index contributed by atoms with van der Waals surface area (Å²) < 4.78 is 6.29. The molecule has 1 aliphatic rings. The van der Waals surface area contributed by atoms with Crippen molar-refractivity contribution >= 4 is 8.32 Å². The van der Waals surface area contributed by atoms with Crippen molar-refractivity contribution in [3.05, 3.63) is 0 Å². The first-order valence-corrected chi connectivity index (χ1v) is 9.53. The maximum Gasteiger partial charge on any atom is 0.195 e. The number of rotatable bonds is 3. The van der Waals surface area contributed by atoms with Crippen molar-refractivity contribution in [3.63, 3.8) is 0 Å². The fraction of sp³-hybridized carbons (Fsp3) is 1.00. The lowest BCUT2D eigenvalue weighted by Crippen LogP contribution is -2.44. The van der Waals surface area contributed by atoms with Gasteiger partial charge in [-0.15, -0.1) is 0 Å². The summed E-state index contributed by atoms with van der Waals surface area (Å²) in [6, 6.07) is 0.477. The molecule has 1 saturated heterocycles. The molecule has 0 amide bonds. The third-order valence-electron chi connectivity index (χ3n) is 4.19. The van der Waals surface area contributed by atoms with Gasteiger partial charge in [-0.2, -0.15) is 5.06 Å². The van der Waals surface area contributed by atoms with Crippen LogP contribution in [-0.2, 0) is 9.26 Å². The largest absolute Gasteiger partial charge is 0.391 e. The fourth-order valence-electron chi connectivity index (χ4n) is 1.92. The van der Waals surface area contributed by atoms with Crippen molar-refractivity contribution in [2.75, 3.05) is 7.05 Å². The normalized spacial score (nSPS) is 28.1. The van der Waals surface area contributed by atoms with Crippen molar-refractivity contribution in [1.29, 1.82) is 0 Å². The van der Waals surface area contributed by atoms with E-state index in [1.54, 1.807) is 0 Å². The van der Waals surface area contributed by atoms with Crippen LogP contribution in [0, 0.1) is 5.92 Å². The van der Waals surface area contributed by atoms with Crippen molar-refractivity contribution in [2.45, 2.75) is 71.5 Å². The second-order valence-corrected chi connectivity index (χ2v) is 11.8. The second kappa shape index (κ2) is 5.00. The highest BCUT2D eigenvalue weighted by molar-refractivity contribution is 6.74. The first-order valence-electron chi connectivity index (χ1n) is 6.62. The standard InChI is InChI=1S/C13H29NO2Si/c1-10(2)11-9-12(15-14(11)6)16-17(7,8)13(3,4)5/h10-12H,9H2,1-8H3/t11-,12-/m1/s1. The van der Waals surface area contributed by atoms with Crippen molar-refractivity contribution < 1.29 is 9.26 Å². The smallest absolute Gasteiger partial charge is 0.195 e. The van der Waals surface area contributed by atoms with Crippen LogP contribution in [0.2, 0.25) is 18.1 Å². The molecule has 0 spiro atoms. The van der Waals surface area contributed by atoms with Crippen LogP contribution in [0.1, 0.15) is 41.0 Å².